The van der Waals surface area contributed by atoms with E-state index in [1.807, 2.05) is 54.6 Å². The van der Waals surface area contributed by atoms with Crippen LogP contribution in [0.5, 0.6) is 5.75 Å². The molecule has 0 saturated carbocycles. The number of rotatable bonds is 6. The van der Waals surface area contributed by atoms with E-state index in [0.29, 0.717) is 6.42 Å². The summed E-state index contributed by atoms with van der Waals surface area (Å²) in [4.78, 5) is 15.8. The van der Waals surface area contributed by atoms with E-state index in [2.05, 4.69) is 39.6 Å². The predicted molar refractivity (Wildman–Crippen MR) is 121 cm³/mol. The van der Waals surface area contributed by atoms with Crippen molar-refractivity contribution in [3.63, 3.8) is 0 Å². The van der Waals surface area contributed by atoms with Crippen LogP contribution in [-0.4, -0.2) is 42.2 Å². The van der Waals surface area contributed by atoms with Gasteiger partial charge in [0.25, 0.3) is 0 Å². The Labute approximate surface area is 181 Å². The van der Waals surface area contributed by atoms with Crippen LogP contribution in [0.2, 0.25) is 0 Å². The summed E-state index contributed by atoms with van der Waals surface area (Å²) in [5.74, 6) is 0.344. The van der Waals surface area contributed by atoms with Crippen LogP contribution >= 0.6 is 0 Å². The molecule has 0 aliphatic carbocycles. The SMILES string of the molecule is COc1ccc(CC(C(=O)OC2CC(C)(C)N(C)C(C)(C)C2)c2ccccc2)cc1. The first-order chi connectivity index (χ1) is 14.1. The fraction of sp³-hybridized carbons (Fsp3) is 0.500. The van der Waals surface area contributed by atoms with Crippen LogP contribution < -0.4 is 4.74 Å². The van der Waals surface area contributed by atoms with Gasteiger partial charge in [0.15, 0.2) is 0 Å². The van der Waals surface area contributed by atoms with E-state index in [0.717, 1.165) is 29.7 Å². The number of carbonyl (C=O) groups excluding carboxylic acids is 1. The largest absolute Gasteiger partial charge is 0.497 e. The van der Waals surface area contributed by atoms with Gasteiger partial charge >= 0.3 is 5.97 Å². The Kier molecular flexibility index (Phi) is 6.56. The average Bonchev–Trinajstić information content (AvgIpc) is 2.70. The second-order valence-corrected chi connectivity index (χ2v) is 9.67. The van der Waals surface area contributed by atoms with E-state index < -0.39 is 0 Å². The molecule has 1 unspecified atom stereocenters. The zero-order chi connectivity index (χ0) is 21.9. The number of methoxy groups -OCH3 is 1. The molecule has 0 N–H and O–H groups in total. The molecule has 0 amide bonds. The molecule has 30 heavy (non-hydrogen) atoms. The topological polar surface area (TPSA) is 38.8 Å². The van der Waals surface area contributed by atoms with E-state index in [-0.39, 0.29) is 29.1 Å². The first kappa shape index (κ1) is 22.4. The number of esters is 1. The molecular weight excluding hydrogens is 374 g/mol. The molecular formula is C26H35NO3. The summed E-state index contributed by atoms with van der Waals surface area (Å²) in [5, 5.41) is 0. The summed E-state index contributed by atoms with van der Waals surface area (Å²) in [6.45, 7) is 8.89. The monoisotopic (exact) mass is 409 g/mol. The normalized spacial score (nSPS) is 19.8. The van der Waals surface area contributed by atoms with Crippen LogP contribution in [-0.2, 0) is 16.0 Å². The molecule has 1 aliphatic heterocycles. The van der Waals surface area contributed by atoms with Crippen molar-refractivity contribution in [1.29, 1.82) is 0 Å². The van der Waals surface area contributed by atoms with Gasteiger partial charge in [0.2, 0.25) is 0 Å². The summed E-state index contributed by atoms with van der Waals surface area (Å²) >= 11 is 0. The molecule has 2 aromatic rings. The van der Waals surface area contributed by atoms with Crippen LogP contribution in [0.4, 0.5) is 0 Å². The number of piperidine rings is 1. The average molecular weight is 410 g/mol. The quantitative estimate of drug-likeness (QED) is 0.614. The number of nitrogens with zero attached hydrogens (tertiary/aromatic N) is 1. The third-order valence-corrected chi connectivity index (χ3v) is 6.64. The fourth-order valence-electron chi connectivity index (χ4n) is 4.63. The van der Waals surface area contributed by atoms with Crippen molar-refractivity contribution >= 4 is 5.97 Å². The summed E-state index contributed by atoms with van der Waals surface area (Å²) < 4.78 is 11.4. The van der Waals surface area contributed by atoms with Gasteiger partial charge in [-0.3, -0.25) is 9.69 Å². The zero-order valence-electron chi connectivity index (χ0n) is 19.1. The number of hydrogen-bond acceptors (Lipinski definition) is 4. The third kappa shape index (κ3) is 5.04. The van der Waals surface area contributed by atoms with Crippen LogP contribution in [0.3, 0.4) is 0 Å². The van der Waals surface area contributed by atoms with E-state index in [9.17, 15) is 4.79 Å². The molecule has 4 nitrogen and oxygen atoms in total. The molecule has 1 heterocycles. The van der Waals surface area contributed by atoms with Crippen molar-refractivity contribution < 1.29 is 14.3 Å². The summed E-state index contributed by atoms with van der Waals surface area (Å²) in [6.07, 6.45) is 2.19. The van der Waals surface area contributed by atoms with Gasteiger partial charge in [-0.1, -0.05) is 42.5 Å². The van der Waals surface area contributed by atoms with Gasteiger partial charge in [0, 0.05) is 23.9 Å². The maximum atomic E-state index is 13.4. The standard InChI is InChI=1S/C26H35NO3/c1-25(2)17-22(18-26(3,4)27(25)5)30-24(28)23(20-10-8-7-9-11-20)16-19-12-14-21(29-6)15-13-19/h7-15,22-23H,16-18H2,1-6H3. The zero-order valence-corrected chi connectivity index (χ0v) is 19.1. The molecule has 1 atom stereocenters. The van der Waals surface area contributed by atoms with E-state index in [4.69, 9.17) is 9.47 Å². The first-order valence-electron chi connectivity index (χ1n) is 10.7. The van der Waals surface area contributed by atoms with Gasteiger partial charge < -0.3 is 9.47 Å². The lowest BCUT2D eigenvalue weighted by Gasteiger charge is -2.53. The van der Waals surface area contributed by atoms with Crippen molar-refractivity contribution in [3.05, 3.63) is 65.7 Å². The smallest absolute Gasteiger partial charge is 0.314 e. The van der Waals surface area contributed by atoms with Crippen LogP contribution in [0.1, 0.15) is 57.6 Å². The minimum atomic E-state index is -0.328. The summed E-state index contributed by atoms with van der Waals surface area (Å²) in [5.41, 5.74) is 2.03. The molecule has 0 aromatic heterocycles. The molecule has 162 valence electrons. The molecule has 0 spiro atoms. The van der Waals surface area contributed by atoms with Crippen molar-refractivity contribution in [1.82, 2.24) is 4.90 Å². The number of ether oxygens (including phenoxy) is 2. The Bertz CT molecular complexity index is 824. The molecule has 1 fully saturated rings. The lowest BCUT2D eigenvalue weighted by Crippen LogP contribution is -2.60. The van der Waals surface area contributed by atoms with Gasteiger partial charge in [-0.15, -0.1) is 0 Å². The first-order valence-corrected chi connectivity index (χ1v) is 10.7. The highest BCUT2D eigenvalue weighted by Gasteiger charge is 2.44. The van der Waals surface area contributed by atoms with Crippen LogP contribution in [0.15, 0.2) is 54.6 Å². The summed E-state index contributed by atoms with van der Waals surface area (Å²) in [7, 11) is 3.82. The minimum absolute atomic E-state index is 0.0229. The Morgan fingerprint density at radius 1 is 1.00 bits per heavy atom. The second kappa shape index (κ2) is 8.81. The maximum absolute atomic E-state index is 13.4. The van der Waals surface area contributed by atoms with Crippen molar-refractivity contribution in [2.45, 2.75) is 70.1 Å². The van der Waals surface area contributed by atoms with Gasteiger partial charge in [-0.25, -0.2) is 0 Å². The Morgan fingerprint density at radius 3 is 2.10 bits per heavy atom. The van der Waals surface area contributed by atoms with Crippen LogP contribution in [0, 0.1) is 0 Å². The van der Waals surface area contributed by atoms with E-state index >= 15 is 0 Å². The van der Waals surface area contributed by atoms with Crippen molar-refractivity contribution in [3.8, 4) is 5.75 Å². The van der Waals surface area contributed by atoms with E-state index in [1.54, 1.807) is 7.11 Å². The fourth-order valence-corrected chi connectivity index (χ4v) is 4.63. The highest BCUT2D eigenvalue weighted by Crippen LogP contribution is 2.39. The Hall–Kier alpha value is -2.33. The number of hydrogen-bond donors (Lipinski definition) is 0. The van der Waals surface area contributed by atoms with Crippen molar-refractivity contribution in [2.24, 2.45) is 0 Å². The van der Waals surface area contributed by atoms with Gasteiger partial charge in [0.1, 0.15) is 11.9 Å². The Balaban J connectivity index is 1.80. The second-order valence-electron chi connectivity index (χ2n) is 9.67. The molecule has 0 bridgehead atoms. The highest BCUT2D eigenvalue weighted by atomic mass is 16.5. The summed E-state index contributed by atoms with van der Waals surface area (Å²) in [6, 6.07) is 17.9. The molecule has 2 aromatic carbocycles. The van der Waals surface area contributed by atoms with Gasteiger partial charge in [-0.05, 0) is 64.4 Å². The Morgan fingerprint density at radius 2 is 1.57 bits per heavy atom. The van der Waals surface area contributed by atoms with Crippen molar-refractivity contribution in [2.75, 3.05) is 14.2 Å². The third-order valence-electron chi connectivity index (χ3n) is 6.64. The maximum Gasteiger partial charge on any atom is 0.314 e. The number of benzene rings is 2. The lowest BCUT2D eigenvalue weighted by atomic mass is 9.78. The molecule has 1 aliphatic rings. The highest BCUT2D eigenvalue weighted by molar-refractivity contribution is 5.78. The number of carbonyl (C=O) groups is 1. The molecule has 1 saturated heterocycles. The van der Waals surface area contributed by atoms with Gasteiger partial charge in [0.05, 0.1) is 13.0 Å². The van der Waals surface area contributed by atoms with Crippen LogP contribution in [0.25, 0.3) is 0 Å². The number of likely N-dealkylation sites (tertiary alicyclic amines) is 1. The lowest BCUT2D eigenvalue weighted by molar-refractivity contribution is -0.160. The molecule has 0 radical (unpaired) electrons. The molecule has 4 heteroatoms. The molecule has 3 rings (SSSR count). The van der Waals surface area contributed by atoms with E-state index in [1.165, 1.54) is 0 Å². The predicted octanol–water partition coefficient (Wildman–Crippen LogP) is 5.22. The van der Waals surface area contributed by atoms with Gasteiger partial charge in [-0.2, -0.15) is 0 Å². The minimum Gasteiger partial charge on any atom is -0.497 e.